The van der Waals surface area contributed by atoms with Gasteiger partial charge in [-0.2, -0.15) is 0 Å². The van der Waals surface area contributed by atoms with Crippen LogP contribution in [0.1, 0.15) is 69.9 Å². The number of aliphatic hydroxyl groups is 1. The van der Waals surface area contributed by atoms with Gasteiger partial charge in [0.2, 0.25) is 15.9 Å². The Morgan fingerprint density at radius 1 is 1.15 bits per heavy atom. The van der Waals surface area contributed by atoms with E-state index in [0.29, 0.717) is 25.9 Å². The van der Waals surface area contributed by atoms with Crippen molar-refractivity contribution in [3.8, 4) is 0 Å². The molecule has 1 aromatic carbocycles. The number of rotatable bonds is 7. The number of fused-ring (bicyclic) bond motifs is 4. The number of piperidine rings is 1. The van der Waals surface area contributed by atoms with Crippen LogP contribution < -0.4 is 5.32 Å². The first-order chi connectivity index (χ1) is 18.9. The highest BCUT2D eigenvalue weighted by Crippen LogP contribution is 2.71. The molecule has 3 atom stereocenters. The molecular formula is C31H39N3O5S. The van der Waals surface area contributed by atoms with Gasteiger partial charge in [0.15, 0.2) is 0 Å². The van der Waals surface area contributed by atoms with Crippen LogP contribution in [0.4, 0.5) is 0 Å². The maximum atomic E-state index is 14.0. The van der Waals surface area contributed by atoms with E-state index in [1.165, 1.54) is 17.2 Å². The second kappa shape index (κ2) is 9.46. The van der Waals surface area contributed by atoms with Gasteiger partial charge in [0.05, 0.1) is 11.4 Å². The molecule has 9 heteroatoms. The second-order valence-corrected chi connectivity index (χ2v) is 15.0. The van der Waals surface area contributed by atoms with Crippen molar-refractivity contribution < 1.29 is 23.1 Å². The zero-order valence-corrected chi connectivity index (χ0v) is 24.2. The van der Waals surface area contributed by atoms with E-state index >= 15 is 0 Å². The van der Waals surface area contributed by atoms with Crippen molar-refractivity contribution in [1.82, 2.24) is 9.62 Å². The summed E-state index contributed by atoms with van der Waals surface area (Å²) >= 11 is 0. The van der Waals surface area contributed by atoms with Crippen molar-refractivity contribution in [2.75, 3.05) is 25.4 Å². The molecule has 214 valence electrons. The molecule has 3 aliphatic carbocycles. The largest absolute Gasteiger partial charge is 0.389 e. The number of carbonyl (C=O) groups excluding carboxylic acids is 2. The SMILES string of the molecule is CC1(C)[C@@H]2CC[C@@]1(CS(=O)(=O)N1CCC3(C=Cc4ccccc43)CC1)[C@@](O)(CCNC(=O)C1=NC(=O)CC=C1)C2. The van der Waals surface area contributed by atoms with Gasteiger partial charge in [-0.15, -0.1) is 0 Å². The molecule has 5 aliphatic rings. The topological polar surface area (TPSA) is 116 Å². The van der Waals surface area contributed by atoms with E-state index in [1.807, 2.05) is 6.07 Å². The molecule has 1 spiro atoms. The number of hydrogen-bond donors (Lipinski definition) is 2. The van der Waals surface area contributed by atoms with Crippen molar-refractivity contribution in [2.24, 2.45) is 21.7 Å². The average molecular weight is 566 g/mol. The Morgan fingerprint density at radius 3 is 2.62 bits per heavy atom. The van der Waals surface area contributed by atoms with Crippen LogP contribution in [0.2, 0.25) is 0 Å². The molecule has 8 nitrogen and oxygen atoms in total. The summed E-state index contributed by atoms with van der Waals surface area (Å²) in [4.78, 5) is 27.9. The Labute approximate surface area is 236 Å². The maximum absolute atomic E-state index is 14.0. The third kappa shape index (κ3) is 4.15. The Kier molecular flexibility index (Phi) is 6.51. The molecule has 2 aliphatic heterocycles. The first kappa shape index (κ1) is 27.5. The van der Waals surface area contributed by atoms with E-state index in [2.05, 4.69) is 54.5 Å². The van der Waals surface area contributed by atoms with E-state index in [4.69, 9.17) is 0 Å². The number of hydrogen-bond acceptors (Lipinski definition) is 5. The minimum Gasteiger partial charge on any atom is -0.389 e. The first-order valence-corrected chi connectivity index (χ1v) is 16.1. The summed E-state index contributed by atoms with van der Waals surface area (Å²) in [5.41, 5.74) is 0.0930. The van der Waals surface area contributed by atoms with Crippen LogP contribution in [0, 0.1) is 16.7 Å². The molecule has 2 amide bonds. The van der Waals surface area contributed by atoms with E-state index in [1.54, 1.807) is 10.4 Å². The van der Waals surface area contributed by atoms with Crippen molar-refractivity contribution in [2.45, 2.75) is 69.8 Å². The molecule has 2 bridgehead atoms. The summed E-state index contributed by atoms with van der Waals surface area (Å²) in [7, 11) is -3.64. The molecule has 2 N–H and O–H groups in total. The number of allylic oxidation sites excluding steroid dienone is 1. The monoisotopic (exact) mass is 565 g/mol. The molecule has 1 aromatic rings. The molecule has 1 saturated heterocycles. The van der Waals surface area contributed by atoms with Gasteiger partial charge in [0, 0.05) is 36.9 Å². The Balaban J connectivity index is 1.17. The highest BCUT2D eigenvalue weighted by atomic mass is 32.2. The van der Waals surface area contributed by atoms with Crippen LogP contribution in [-0.4, -0.2) is 66.3 Å². The van der Waals surface area contributed by atoms with Crippen LogP contribution in [0.5, 0.6) is 0 Å². The van der Waals surface area contributed by atoms with Crippen LogP contribution in [0.3, 0.4) is 0 Å². The molecule has 0 aromatic heterocycles. The third-order valence-electron chi connectivity index (χ3n) is 11.0. The minimum absolute atomic E-state index is 0.0661. The lowest BCUT2D eigenvalue weighted by Crippen LogP contribution is -2.57. The maximum Gasteiger partial charge on any atom is 0.270 e. The predicted molar refractivity (Wildman–Crippen MR) is 154 cm³/mol. The molecule has 0 unspecified atom stereocenters. The summed E-state index contributed by atoms with van der Waals surface area (Å²) in [5.74, 6) is -0.683. The van der Waals surface area contributed by atoms with E-state index < -0.39 is 26.9 Å². The minimum atomic E-state index is -3.64. The summed E-state index contributed by atoms with van der Waals surface area (Å²) in [5, 5.41) is 14.9. The zero-order chi connectivity index (χ0) is 28.4. The fourth-order valence-corrected chi connectivity index (χ4v) is 10.9. The van der Waals surface area contributed by atoms with Gasteiger partial charge in [0.25, 0.3) is 5.91 Å². The van der Waals surface area contributed by atoms with Gasteiger partial charge in [-0.3, -0.25) is 9.59 Å². The fraction of sp³-hybridized carbons (Fsp3) is 0.581. The van der Waals surface area contributed by atoms with Crippen LogP contribution in [0.25, 0.3) is 6.08 Å². The van der Waals surface area contributed by atoms with Gasteiger partial charge in [0.1, 0.15) is 5.71 Å². The Hall–Kier alpha value is -2.62. The summed E-state index contributed by atoms with van der Waals surface area (Å²) < 4.78 is 29.7. The highest BCUT2D eigenvalue weighted by Gasteiger charge is 2.71. The predicted octanol–water partition coefficient (Wildman–Crippen LogP) is 3.37. The second-order valence-electron chi connectivity index (χ2n) is 13.0. The number of nitrogens with one attached hydrogen (secondary N) is 1. The van der Waals surface area contributed by atoms with E-state index in [-0.39, 0.29) is 53.5 Å². The van der Waals surface area contributed by atoms with Crippen molar-refractivity contribution >= 4 is 33.6 Å². The lowest BCUT2D eigenvalue weighted by Gasteiger charge is -2.49. The van der Waals surface area contributed by atoms with Gasteiger partial charge in [-0.1, -0.05) is 56.3 Å². The van der Waals surface area contributed by atoms with Gasteiger partial charge in [-0.25, -0.2) is 17.7 Å². The molecule has 3 fully saturated rings. The number of benzene rings is 1. The third-order valence-corrected chi connectivity index (χ3v) is 13.0. The molecule has 40 heavy (non-hydrogen) atoms. The summed E-state index contributed by atoms with van der Waals surface area (Å²) in [6.07, 6.45) is 11.5. The van der Waals surface area contributed by atoms with Gasteiger partial charge >= 0.3 is 0 Å². The number of sulfonamides is 1. The first-order valence-electron chi connectivity index (χ1n) is 14.5. The fourth-order valence-electron chi connectivity index (χ4n) is 8.55. The number of carbonyl (C=O) groups is 2. The molecule has 6 rings (SSSR count). The van der Waals surface area contributed by atoms with Crippen LogP contribution >= 0.6 is 0 Å². The van der Waals surface area contributed by atoms with Crippen LogP contribution in [0.15, 0.2) is 47.5 Å². The molecule has 2 heterocycles. The van der Waals surface area contributed by atoms with E-state index in [0.717, 1.165) is 19.3 Å². The lowest BCUT2D eigenvalue weighted by molar-refractivity contribution is -0.119. The number of amides is 2. The Morgan fingerprint density at radius 2 is 1.90 bits per heavy atom. The number of nitrogens with zero attached hydrogens (tertiary/aromatic N) is 2. The zero-order valence-electron chi connectivity index (χ0n) is 23.4. The standard InChI is InChI=1S/C31H39N3O5S/c1-28(2)23-11-13-30(28,31(37,20-23)14-17-32-27(36)25-8-5-9-26(35)33-25)21-40(38,39)34-18-15-29(16-19-34)12-10-22-6-3-4-7-24(22)29/h3-8,10,12,23,37H,9,11,13-21H2,1-2H3,(H,32,36)/t23-,30+,31-/m1/s1. The van der Waals surface area contributed by atoms with Crippen molar-refractivity contribution in [1.29, 1.82) is 0 Å². The lowest BCUT2D eigenvalue weighted by atomic mass is 9.63. The average Bonchev–Trinajstić information content (AvgIpc) is 3.44. The normalized spacial score (nSPS) is 31.9. The number of aliphatic imine (C=N–C) groups is 1. The van der Waals surface area contributed by atoms with Gasteiger partial charge in [-0.05, 0) is 67.1 Å². The molecular weight excluding hydrogens is 526 g/mol. The molecule has 2 saturated carbocycles. The number of dihydropyridines is 1. The van der Waals surface area contributed by atoms with Crippen molar-refractivity contribution in [3.63, 3.8) is 0 Å². The van der Waals surface area contributed by atoms with Crippen LogP contribution in [-0.2, 0) is 25.0 Å². The summed E-state index contributed by atoms with van der Waals surface area (Å²) in [6.45, 7) is 5.32. The van der Waals surface area contributed by atoms with Crippen molar-refractivity contribution in [3.05, 3.63) is 53.6 Å². The highest BCUT2D eigenvalue weighted by molar-refractivity contribution is 7.89. The van der Waals surface area contributed by atoms with Gasteiger partial charge < -0.3 is 10.4 Å². The Bertz CT molecular complexity index is 1440. The molecule has 0 radical (unpaired) electrons. The smallest absolute Gasteiger partial charge is 0.270 e. The summed E-state index contributed by atoms with van der Waals surface area (Å²) in [6, 6.07) is 8.36. The van der Waals surface area contributed by atoms with E-state index in [9.17, 15) is 23.1 Å². The quantitative estimate of drug-likeness (QED) is 0.526.